The molecule has 3 heterocycles. The molecule has 156 valence electrons. The Balaban J connectivity index is 1.30. The summed E-state index contributed by atoms with van der Waals surface area (Å²) < 4.78 is 21.6. The Morgan fingerprint density at radius 3 is 2.87 bits per heavy atom. The molecule has 0 amide bonds. The van der Waals surface area contributed by atoms with E-state index in [1.807, 2.05) is 24.7 Å². The van der Waals surface area contributed by atoms with Crippen LogP contribution < -0.4 is 15.0 Å². The number of halogens is 1. The standard InChI is InChI=1S/C25H23FN4O/c1-14-13-31-25-23(29-18-6-4-15(5-7-18)16-3-2-8-28-11-16)22(26)20-9-19-17(10-27)12-30(14)24(25)21(19)20/h2-3,8-9,11-12,14-15,18,29H,4-7,13H2,1H3. The average Bonchev–Trinajstić information content (AvgIpc) is 2.78. The van der Waals surface area contributed by atoms with Crippen LogP contribution in [0.2, 0.25) is 0 Å². The van der Waals surface area contributed by atoms with Gasteiger partial charge in [0.15, 0.2) is 11.6 Å². The highest BCUT2D eigenvalue weighted by Crippen LogP contribution is 2.57. The van der Waals surface area contributed by atoms with Crippen LogP contribution in [-0.2, 0) is 0 Å². The molecule has 1 atom stereocenters. The molecule has 2 aromatic rings. The Kier molecular flexibility index (Phi) is 4.07. The quantitative estimate of drug-likeness (QED) is 0.746. The maximum absolute atomic E-state index is 15.5. The number of nitrogens with one attached hydrogen (secondary N) is 1. The van der Waals surface area contributed by atoms with Gasteiger partial charge in [0.1, 0.15) is 18.4 Å². The number of anilines is 2. The first-order valence-corrected chi connectivity index (χ1v) is 11.0. The van der Waals surface area contributed by atoms with Crippen LogP contribution in [0.15, 0.2) is 36.3 Å². The fraction of sp³-hybridized carbons (Fsp3) is 0.360. The number of aromatic nitrogens is 1. The molecule has 1 aromatic carbocycles. The normalized spacial score (nSPS) is 25.3. The molecule has 1 fully saturated rings. The molecular weight excluding hydrogens is 391 g/mol. The summed E-state index contributed by atoms with van der Waals surface area (Å²) in [7, 11) is 0. The molecular formula is C25H23FN4O. The molecule has 1 aromatic heterocycles. The second kappa shape index (κ2) is 6.84. The van der Waals surface area contributed by atoms with E-state index in [4.69, 9.17) is 4.74 Å². The fourth-order valence-corrected chi connectivity index (χ4v) is 5.37. The van der Waals surface area contributed by atoms with Crippen molar-refractivity contribution >= 4 is 23.0 Å². The van der Waals surface area contributed by atoms with Crippen LogP contribution in [0.4, 0.5) is 15.8 Å². The molecule has 31 heavy (non-hydrogen) atoms. The number of allylic oxidation sites excluding steroid dienone is 2. The van der Waals surface area contributed by atoms with Gasteiger partial charge in [-0.3, -0.25) is 4.98 Å². The number of pyridine rings is 1. The maximum atomic E-state index is 15.5. The highest BCUT2D eigenvalue weighted by molar-refractivity contribution is 6.13. The van der Waals surface area contributed by atoms with Gasteiger partial charge in [-0.15, -0.1) is 0 Å². The van der Waals surface area contributed by atoms with Crippen molar-refractivity contribution in [3.8, 4) is 11.8 Å². The Hall–Kier alpha value is -3.33. The largest absolute Gasteiger partial charge is 0.487 e. The second-order valence-electron chi connectivity index (χ2n) is 8.91. The predicted octanol–water partition coefficient (Wildman–Crippen LogP) is 5.22. The zero-order valence-corrected chi connectivity index (χ0v) is 17.4. The van der Waals surface area contributed by atoms with Crippen molar-refractivity contribution in [2.45, 2.75) is 50.6 Å². The smallest absolute Gasteiger partial charge is 0.169 e. The molecule has 0 bridgehead atoms. The summed E-state index contributed by atoms with van der Waals surface area (Å²) in [6, 6.07) is 6.69. The molecule has 0 saturated heterocycles. The minimum absolute atomic E-state index is 0.0929. The third-order valence-corrected chi connectivity index (χ3v) is 7.07. The average molecular weight is 414 g/mol. The van der Waals surface area contributed by atoms with Gasteiger partial charge in [-0.05, 0) is 56.2 Å². The van der Waals surface area contributed by atoms with Gasteiger partial charge in [-0.25, -0.2) is 4.39 Å². The predicted molar refractivity (Wildman–Crippen MR) is 118 cm³/mol. The van der Waals surface area contributed by atoms with Gasteiger partial charge in [0.2, 0.25) is 0 Å². The van der Waals surface area contributed by atoms with Gasteiger partial charge in [-0.1, -0.05) is 6.07 Å². The van der Waals surface area contributed by atoms with Crippen LogP contribution in [-0.4, -0.2) is 23.7 Å². The SMILES string of the molecule is CC1COc2c(NC3CCC(c4cccnc4)CC3)c(F)c3c4c2N1C=C(C#N)C4=C3. The topological polar surface area (TPSA) is 61.2 Å². The summed E-state index contributed by atoms with van der Waals surface area (Å²) in [6.07, 6.45) is 11.5. The van der Waals surface area contributed by atoms with E-state index in [1.54, 1.807) is 6.08 Å². The molecule has 1 unspecified atom stereocenters. The van der Waals surface area contributed by atoms with Crippen LogP contribution in [0.3, 0.4) is 0 Å². The van der Waals surface area contributed by atoms with Crippen molar-refractivity contribution in [3.63, 3.8) is 0 Å². The van der Waals surface area contributed by atoms with Gasteiger partial charge in [0.25, 0.3) is 0 Å². The lowest BCUT2D eigenvalue weighted by Gasteiger charge is -2.43. The van der Waals surface area contributed by atoms with Crippen molar-refractivity contribution in [3.05, 3.63) is 58.8 Å². The lowest BCUT2D eigenvalue weighted by Crippen LogP contribution is -2.41. The van der Waals surface area contributed by atoms with E-state index in [-0.39, 0.29) is 17.9 Å². The van der Waals surface area contributed by atoms with Gasteiger partial charge in [0, 0.05) is 41.3 Å². The van der Waals surface area contributed by atoms with Crippen molar-refractivity contribution in [1.82, 2.24) is 4.98 Å². The Morgan fingerprint density at radius 1 is 1.29 bits per heavy atom. The number of nitriles is 1. The Labute approximate surface area is 180 Å². The number of nitrogens with zero attached hydrogens (tertiary/aromatic N) is 3. The highest BCUT2D eigenvalue weighted by Gasteiger charge is 2.41. The van der Waals surface area contributed by atoms with E-state index in [9.17, 15) is 5.26 Å². The van der Waals surface area contributed by atoms with Gasteiger partial charge in [0.05, 0.1) is 17.3 Å². The summed E-state index contributed by atoms with van der Waals surface area (Å²) in [5, 5.41) is 13.0. The van der Waals surface area contributed by atoms with Gasteiger partial charge < -0.3 is 15.0 Å². The van der Waals surface area contributed by atoms with E-state index >= 15 is 4.39 Å². The molecule has 5 nitrogen and oxygen atoms in total. The van der Waals surface area contributed by atoms with Crippen molar-refractivity contribution in [2.24, 2.45) is 0 Å². The molecule has 2 aliphatic heterocycles. The molecule has 0 radical (unpaired) electrons. The van der Waals surface area contributed by atoms with Gasteiger partial charge in [-0.2, -0.15) is 5.26 Å². The van der Waals surface area contributed by atoms with Crippen LogP contribution >= 0.6 is 0 Å². The van der Waals surface area contributed by atoms with Crippen molar-refractivity contribution in [2.75, 3.05) is 16.8 Å². The Bertz CT molecular complexity index is 1170. The van der Waals surface area contributed by atoms with E-state index in [1.165, 1.54) is 5.56 Å². The molecule has 1 N–H and O–H groups in total. The third-order valence-electron chi connectivity index (χ3n) is 7.07. The second-order valence-corrected chi connectivity index (χ2v) is 8.91. The molecule has 0 spiro atoms. The van der Waals surface area contributed by atoms with Crippen LogP contribution in [0, 0.1) is 17.1 Å². The number of ether oxygens (including phenoxy) is 1. The van der Waals surface area contributed by atoms with Crippen molar-refractivity contribution in [1.29, 1.82) is 5.26 Å². The van der Waals surface area contributed by atoms with Gasteiger partial charge >= 0.3 is 0 Å². The summed E-state index contributed by atoms with van der Waals surface area (Å²) >= 11 is 0. The minimum atomic E-state index is -0.263. The van der Waals surface area contributed by atoms with E-state index in [0.29, 0.717) is 35.1 Å². The summed E-state index contributed by atoms with van der Waals surface area (Å²) in [5.41, 5.74) is 5.49. The first kappa shape index (κ1) is 18.4. The van der Waals surface area contributed by atoms with E-state index in [2.05, 4.69) is 34.3 Å². The summed E-state index contributed by atoms with van der Waals surface area (Å²) in [5.74, 6) is 0.837. The number of hydrogen-bond donors (Lipinski definition) is 1. The number of rotatable bonds is 3. The molecule has 4 aliphatic rings. The lowest BCUT2D eigenvalue weighted by molar-refractivity contribution is 0.276. The summed E-state index contributed by atoms with van der Waals surface area (Å²) in [4.78, 5) is 6.33. The van der Waals surface area contributed by atoms with Crippen LogP contribution in [0.1, 0.15) is 55.2 Å². The first-order valence-electron chi connectivity index (χ1n) is 11.0. The minimum Gasteiger partial charge on any atom is -0.487 e. The first-order chi connectivity index (χ1) is 15.2. The third kappa shape index (κ3) is 2.69. The van der Waals surface area contributed by atoms with E-state index < -0.39 is 0 Å². The Morgan fingerprint density at radius 2 is 2.13 bits per heavy atom. The zero-order chi connectivity index (χ0) is 21.1. The summed E-state index contributed by atoms with van der Waals surface area (Å²) in [6.45, 7) is 2.52. The number of benzene rings is 1. The molecule has 6 rings (SSSR count). The van der Waals surface area contributed by atoms with Crippen LogP contribution in [0.5, 0.6) is 5.75 Å². The monoisotopic (exact) mass is 414 g/mol. The van der Waals surface area contributed by atoms with Crippen LogP contribution in [0.25, 0.3) is 11.6 Å². The van der Waals surface area contributed by atoms with E-state index in [0.717, 1.165) is 42.5 Å². The molecule has 6 heteroatoms. The lowest BCUT2D eigenvalue weighted by atomic mass is 9.78. The molecule has 1 saturated carbocycles. The highest BCUT2D eigenvalue weighted by atomic mass is 19.1. The number of hydrogen-bond acceptors (Lipinski definition) is 5. The molecule has 2 aliphatic carbocycles. The fourth-order valence-electron chi connectivity index (χ4n) is 5.37. The zero-order valence-electron chi connectivity index (χ0n) is 17.4. The maximum Gasteiger partial charge on any atom is 0.169 e. The van der Waals surface area contributed by atoms with Crippen molar-refractivity contribution < 1.29 is 9.13 Å².